The van der Waals surface area contributed by atoms with Crippen LogP contribution in [0.3, 0.4) is 0 Å². The molecule has 1 aliphatic heterocycles. The van der Waals surface area contributed by atoms with E-state index in [9.17, 15) is 0 Å². The van der Waals surface area contributed by atoms with Crippen molar-refractivity contribution >= 4 is 0 Å². The van der Waals surface area contributed by atoms with Crippen LogP contribution in [-0.2, 0) is 16.7 Å². The number of hydrogen-bond donors (Lipinski definition) is 1. The van der Waals surface area contributed by atoms with Gasteiger partial charge in [-0.2, -0.15) is 0 Å². The molecule has 1 saturated heterocycles. The topological polar surface area (TPSA) is 34.4 Å². The van der Waals surface area contributed by atoms with Gasteiger partial charge in [0.25, 0.3) is 0 Å². The molecule has 3 heteroatoms. The molecule has 24 heavy (non-hydrogen) atoms. The first-order valence-corrected chi connectivity index (χ1v) is 8.94. The quantitative estimate of drug-likeness (QED) is 0.837. The van der Waals surface area contributed by atoms with Gasteiger partial charge in [-0.25, -0.2) is 0 Å². The van der Waals surface area contributed by atoms with Gasteiger partial charge in [0.05, 0.1) is 18.4 Å². The van der Waals surface area contributed by atoms with Crippen LogP contribution in [0.1, 0.15) is 51.4 Å². The van der Waals surface area contributed by atoms with E-state index in [4.69, 9.17) is 9.15 Å². The second-order valence-corrected chi connectivity index (χ2v) is 7.75. The zero-order valence-corrected chi connectivity index (χ0v) is 15.0. The Morgan fingerprint density at radius 3 is 2.58 bits per heavy atom. The van der Waals surface area contributed by atoms with Crippen LogP contribution < -0.4 is 5.32 Å². The molecule has 0 unspecified atom stereocenters. The van der Waals surface area contributed by atoms with Crippen LogP contribution in [0.25, 0.3) is 0 Å². The molecule has 130 valence electrons. The van der Waals surface area contributed by atoms with Crippen molar-refractivity contribution in [3.63, 3.8) is 0 Å². The minimum absolute atomic E-state index is 0.0746. The summed E-state index contributed by atoms with van der Waals surface area (Å²) in [5.74, 6) is 0.989. The van der Waals surface area contributed by atoms with Gasteiger partial charge in [0, 0.05) is 18.1 Å². The Kier molecular flexibility index (Phi) is 5.12. The van der Waals surface area contributed by atoms with Crippen LogP contribution in [0.4, 0.5) is 0 Å². The summed E-state index contributed by atoms with van der Waals surface area (Å²) in [6.07, 6.45) is 4.96. The van der Waals surface area contributed by atoms with E-state index in [-0.39, 0.29) is 11.0 Å². The predicted molar refractivity (Wildman–Crippen MR) is 97.0 cm³/mol. The molecule has 1 aromatic carbocycles. The first-order valence-electron chi connectivity index (χ1n) is 8.94. The standard InChI is InChI=1S/C21H29NO2/c1-17(22-15-19-10-7-12-23-19)14-21(18-8-5-4-6-9-18)11-13-24-20(2,3)16-21/h4-10,12,17,22H,11,13-16H2,1-3H3/t17-,21+/m0/s1. The molecule has 2 aromatic rings. The summed E-state index contributed by atoms with van der Waals surface area (Å²) in [4.78, 5) is 0. The van der Waals surface area contributed by atoms with E-state index >= 15 is 0 Å². The molecular weight excluding hydrogens is 298 g/mol. The number of rotatable bonds is 6. The van der Waals surface area contributed by atoms with Crippen LogP contribution in [0, 0.1) is 0 Å². The molecule has 0 amide bonds. The van der Waals surface area contributed by atoms with Crippen molar-refractivity contribution in [2.24, 2.45) is 0 Å². The fourth-order valence-corrected chi connectivity index (χ4v) is 4.15. The normalized spacial score (nSPS) is 24.6. The highest BCUT2D eigenvalue weighted by Gasteiger charge is 2.42. The van der Waals surface area contributed by atoms with E-state index in [0.29, 0.717) is 6.04 Å². The summed E-state index contributed by atoms with van der Waals surface area (Å²) in [7, 11) is 0. The van der Waals surface area contributed by atoms with Crippen LogP contribution in [0.15, 0.2) is 53.1 Å². The summed E-state index contributed by atoms with van der Waals surface area (Å²) >= 11 is 0. The van der Waals surface area contributed by atoms with Crippen molar-refractivity contribution in [1.29, 1.82) is 0 Å². The van der Waals surface area contributed by atoms with Gasteiger partial charge in [-0.15, -0.1) is 0 Å². The fourth-order valence-electron chi connectivity index (χ4n) is 4.15. The molecule has 0 aliphatic carbocycles. The lowest BCUT2D eigenvalue weighted by Gasteiger charge is -2.46. The maximum atomic E-state index is 6.01. The summed E-state index contributed by atoms with van der Waals surface area (Å²) in [5, 5.41) is 3.62. The van der Waals surface area contributed by atoms with Crippen molar-refractivity contribution in [1.82, 2.24) is 5.32 Å². The third-order valence-electron chi connectivity index (χ3n) is 5.13. The highest BCUT2D eigenvalue weighted by atomic mass is 16.5. The van der Waals surface area contributed by atoms with E-state index in [1.54, 1.807) is 6.26 Å². The molecule has 0 saturated carbocycles. The van der Waals surface area contributed by atoms with Crippen molar-refractivity contribution in [2.45, 2.75) is 63.6 Å². The van der Waals surface area contributed by atoms with E-state index in [1.807, 2.05) is 12.1 Å². The van der Waals surface area contributed by atoms with Gasteiger partial charge in [-0.1, -0.05) is 30.3 Å². The van der Waals surface area contributed by atoms with E-state index in [2.05, 4.69) is 56.4 Å². The highest BCUT2D eigenvalue weighted by molar-refractivity contribution is 5.27. The molecule has 0 spiro atoms. The maximum Gasteiger partial charge on any atom is 0.117 e. The third kappa shape index (κ3) is 4.08. The van der Waals surface area contributed by atoms with Crippen LogP contribution in [0.2, 0.25) is 0 Å². The van der Waals surface area contributed by atoms with Crippen LogP contribution in [0.5, 0.6) is 0 Å². The lowest BCUT2D eigenvalue weighted by atomic mass is 9.66. The Labute approximate surface area is 145 Å². The molecule has 1 N–H and O–H groups in total. The van der Waals surface area contributed by atoms with E-state index < -0.39 is 0 Å². The molecule has 2 atom stereocenters. The van der Waals surface area contributed by atoms with Crippen LogP contribution in [-0.4, -0.2) is 18.2 Å². The summed E-state index contributed by atoms with van der Waals surface area (Å²) in [5.41, 5.74) is 1.53. The Morgan fingerprint density at radius 2 is 1.92 bits per heavy atom. The van der Waals surface area contributed by atoms with Gasteiger partial charge in [-0.05, 0) is 57.7 Å². The summed E-state index contributed by atoms with van der Waals surface area (Å²) < 4.78 is 11.4. The van der Waals surface area contributed by atoms with Gasteiger partial charge in [0.1, 0.15) is 5.76 Å². The Morgan fingerprint density at radius 1 is 1.12 bits per heavy atom. The highest BCUT2D eigenvalue weighted by Crippen LogP contribution is 2.44. The monoisotopic (exact) mass is 327 g/mol. The van der Waals surface area contributed by atoms with Crippen molar-refractivity contribution in [2.75, 3.05) is 6.61 Å². The molecule has 1 fully saturated rings. The van der Waals surface area contributed by atoms with Gasteiger partial charge in [0.2, 0.25) is 0 Å². The Balaban J connectivity index is 1.75. The zero-order chi connectivity index (χ0) is 17.0. The minimum atomic E-state index is -0.0746. The van der Waals surface area contributed by atoms with E-state index in [1.165, 1.54) is 5.56 Å². The van der Waals surface area contributed by atoms with Gasteiger partial charge < -0.3 is 14.5 Å². The first kappa shape index (κ1) is 17.2. The van der Waals surface area contributed by atoms with Crippen LogP contribution >= 0.6 is 0 Å². The molecule has 2 heterocycles. The number of nitrogens with one attached hydrogen (secondary N) is 1. The number of hydrogen-bond acceptors (Lipinski definition) is 3. The SMILES string of the molecule is C[C@@H](C[C@]1(c2ccccc2)CCOC(C)(C)C1)NCc1ccco1. The predicted octanol–water partition coefficient (Wildman–Crippen LogP) is 4.67. The number of ether oxygens (including phenoxy) is 1. The number of benzene rings is 1. The Hall–Kier alpha value is -1.58. The largest absolute Gasteiger partial charge is 0.468 e. The van der Waals surface area contributed by atoms with Crippen molar-refractivity contribution in [3.05, 3.63) is 60.1 Å². The summed E-state index contributed by atoms with van der Waals surface area (Å²) in [6.45, 7) is 8.30. The zero-order valence-electron chi connectivity index (χ0n) is 15.0. The average molecular weight is 327 g/mol. The second-order valence-electron chi connectivity index (χ2n) is 7.75. The second kappa shape index (κ2) is 7.12. The smallest absolute Gasteiger partial charge is 0.117 e. The molecule has 0 radical (unpaired) electrons. The minimum Gasteiger partial charge on any atom is -0.468 e. The molecule has 3 nitrogen and oxygen atoms in total. The lowest BCUT2D eigenvalue weighted by Crippen LogP contribution is -2.47. The summed E-state index contributed by atoms with van der Waals surface area (Å²) in [6, 6.07) is 15.3. The lowest BCUT2D eigenvalue weighted by molar-refractivity contribution is -0.0855. The molecule has 1 aromatic heterocycles. The van der Waals surface area contributed by atoms with Crippen molar-refractivity contribution in [3.8, 4) is 0 Å². The molecule has 0 bridgehead atoms. The fraction of sp³-hybridized carbons (Fsp3) is 0.524. The molecule has 1 aliphatic rings. The maximum absolute atomic E-state index is 6.01. The van der Waals surface area contributed by atoms with Gasteiger partial charge in [0.15, 0.2) is 0 Å². The van der Waals surface area contributed by atoms with E-state index in [0.717, 1.165) is 38.2 Å². The number of furan rings is 1. The van der Waals surface area contributed by atoms with Gasteiger partial charge >= 0.3 is 0 Å². The molecule has 3 rings (SSSR count). The average Bonchev–Trinajstić information content (AvgIpc) is 3.06. The Bertz CT molecular complexity index is 621. The van der Waals surface area contributed by atoms with Crippen molar-refractivity contribution < 1.29 is 9.15 Å². The van der Waals surface area contributed by atoms with Gasteiger partial charge in [-0.3, -0.25) is 0 Å². The first-order chi connectivity index (χ1) is 11.5. The molecular formula is C21H29NO2. The third-order valence-corrected chi connectivity index (χ3v) is 5.13.